The van der Waals surface area contributed by atoms with Crippen molar-refractivity contribution in [2.45, 2.75) is 24.9 Å². The largest absolute Gasteiger partial charge is 0.328 e. The molecule has 2 N–H and O–H groups in total. The quantitative estimate of drug-likeness (QED) is 0.843. The van der Waals surface area contributed by atoms with E-state index in [0.717, 1.165) is 25.0 Å². The van der Waals surface area contributed by atoms with Crippen molar-refractivity contribution in [1.29, 1.82) is 0 Å². The molecule has 1 atom stereocenters. The zero-order valence-corrected chi connectivity index (χ0v) is 8.85. The molecule has 1 unspecified atom stereocenters. The Kier molecular flexibility index (Phi) is 2.93. The molecule has 1 saturated carbocycles. The van der Waals surface area contributed by atoms with Crippen molar-refractivity contribution in [2.75, 3.05) is 6.54 Å². The maximum Gasteiger partial charge on any atom is 0.130 e. The van der Waals surface area contributed by atoms with Gasteiger partial charge in [-0.1, -0.05) is 6.07 Å². The maximum atomic E-state index is 14.3. The molecule has 1 aromatic rings. The van der Waals surface area contributed by atoms with E-state index >= 15 is 0 Å². The summed E-state index contributed by atoms with van der Waals surface area (Å²) < 4.78 is 41.0. The van der Waals surface area contributed by atoms with E-state index in [2.05, 4.69) is 0 Å². The molecule has 1 aliphatic carbocycles. The summed E-state index contributed by atoms with van der Waals surface area (Å²) in [7, 11) is 0. The van der Waals surface area contributed by atoms with E-state index in [1.54, 1.807) is 0 Å². The van der Waals surface area contributed by atoms with Gasteiger partial charge in [-0.2, -0.15) is 0 Å². The van der Waals surface area contributed by atoms with Gasteiger partial charge in [-0.3, -0.25) is 0 Å². The molecule has 0 amide bonds. The van der Waals surface area contributed by atoms with E-state index in [0.29, 0.717) is 0 Å². The summed E-state index contributed by atoms with van der Waals surface area (Å²) >= 11 is 0. The molecular formula is C12H14F3N. The summed E-state index contributed by atoms with van der Waals surface area (Å²) in [5.41, 5.74) is 3.52. The second kappa shape index (κ2) is 4.09. The molecule has 0 spiro atoms. The molecule has 0 radical (unpaired) electrons. The lowest BCUT2D eigenvalue weighted by Gasteiger charge is -2.23. The van der Waals surface area contributed by atoms with Crippen molar-refractivity contribution in [3.8, 4) is 0 Å². The van der Waals surface area contributed by atoms with E-state index in [1.165, 1.54) is 6.07 Å². The van der Waals surface area contributed by atoms with Gasteiger partial charge >= 0.3 is 0 Å². The molecule has 88 valence electrons. The Labute approximate surface area is 92.5 Å². The van der Waals surface area contributed by atoms with Gasteiger partial charge in [-0.15, -0.1) is 0 Å². The highest BCUT2D eigenvalue weighted by Crippen LogP contribution is 2.43. The predicted molar refractivity (Wildman–Crippen MR) is 55.7 cm³/mol. The van der Waals surface area contributed by atoms with Crippen LogP contribution < -0.4 is 5.73 Å². The fourth-order valence-corrected chi connectivity index (χ4v) is 1.98. The van der Waals surface area contributed by atoms with Gasteiger partial charge in [0.2, 0.25) is 0 Å². The van der Waals surface area contributed by atoms with Gasteiger partial charge in [-0.05, 0) is 30.9 Å². The van der Waals surface area contributed by atoms with Crippen molar-refractivity contribution in [1.82, 2.24) is 0 Å². The third-order valence-corrected chi connectivity index (χ3v) is 3.18. The summed E-state index contributed by atoms with van der Waals surface area (Å²) in [5.74, 6) is -1.54. The Bertz CT molecular complexity index is 370. The number of alkyl halides is 1. The van der Waals surface area contributed by atoms with E-state index in [9.17, 15) is 13.2 Å². The predicted octanol–water partition coefficient (Wildman–Crippen LogP) is 2.58. The molecule has 2 rings (SSSR count). The van der Waals surface area contributed by atoms with Gasteiger partial charge in [0.1, 0.15) is 17.3 Å². The van der Waals surface area contributed by atoms with Crippen LogP contribution in [0.15, 0.2) is 18.2 Å². The lowest BCUT2D eigenvalue weighted by molar-refractivity contribution is 0.139. The third kappa shape index (κ3) is 2.07. The number of hydrogen-bond donors (Lipinski definition) is 1. The van der Waals surface area contributed by atoms with Crippen molar-refractivity contribution in [2.24, 2.45) is 11.7 Å². The minimum atomic E-state index is -1.66. The molecule has 1 aliphatic rings. The molecule has 1 nitrogen and oxygen atoms in total. The van der Waals surface area contributed by atoms with Crippen LogP contribution >= 0.6 is 0 Å². The fourth-order valence-electron chi connectivity index (χ4n) is 1.98. The van der Waals surface area contributed by atoms with Crippen molar-refractivity contribution in [3.05, 3.63) is 35.4 Å². The van der Waals surface area contributed by atoms with E-state index in [4.69, 9.17) is 5.73 Å². The van der Waals surface area contributed by atoms with Crippen LogP contribution in [0.3, 0.4) is 0 Å². The maximum absolute atomic E-state index is 14.3. The summed E-state index contributed by atoms with van der Waals surface area (Å²) in [4.78, 5) is 0. The molecule has 4 heteroatoms. The summed E-state index contributed by atoms with van der Waals surface area (Å²) in [5, 5.41) is 0. The Balaban J connectivity index is 2.25. The SMILES string of the molecule is NCC(F)(Cc1c(F)cccc1F)C1CC1. The van der Waals surface area contributed by atoms with E-state index < -0.39 is 17.3 Å². The zero-order chi connectivity index (χ0) is 11.8. The average Bonchev–Trinajstić information content (AvgIpc) is 3.07. The Morgan fingerprint density at radius 1 is 1.25 bits per heavy atom. The van der Waals surface area contributed by atoms with Gasteiger partial charge in [-0.25, -0.2) is 13.2 Å². The molecule has 0 bridgehead atoms. The Morgan fingerprint density at radius 2 is 1.81 bits per heavy atom. The van der Waals surface area contributed by atoms with Crippen molar-refractivity contribution < 1.29 is 13.2 Å². The molecule has 0 aliphatic heterocycles. The van der Waals surface area contributed by atoms with E-state index in [-0.39, 0.29) is 24.4 Å². The second-order valence-corrected chi connectivity index (χ2v) is 4.39. The summed E-state index contributed by atoms with van der Waals surface area (Å²) in [6.45, 7) is -0.189. The van der Waals surface area contributed by atoms with Crippen molar-refractivity contribution in [3.63, 3.8) is 0 Å². The Morgan fingerprint density at radius 3 is 2.25 bits per heavy atom. The lowest BCUT2D eigenvalue weighted by Crippen LogP contribution is -2.38. The minimum absolute atomic E-state index is 0.142. The van der Waals surface area contributed by atoms with Crippen LogP contribution in [0.5, 0.6) is 0 Å². The van der Waals surface area contributed by atoms with Crippen LogP contribution in [0.25, 0.3) is 0 Å². The molecule has 1 fully saturated rings. The fraction of sp³-hybridized carbons (Fsp3) is 0.500. The normalized spacial score (nSPS) is 19.5. The van der Waals surface area contributed by atoms with Crippen LogP contribution in [0.2, 0.25) is 0 Å². The van der Waals surface area contributed by atoms with Gasteiger partial charge in [0.25, 0.3) is 0 Å². The zero-order valence-electron chi connectivity index (χ0n) is 8.85. The molecule has 16 heavy (non-hydrogen) atoms. The van der Waals surface area contributed by atoms with Crippen LogP contribution in [-0.4, -0.2) is 12.2 Å². The first-order valence-corrected chi connectivity index (χ1v) is 5.39. The topological polar surface area (TPSA) is 26.0 Å². The lowest BCUT2D eigenvalue weighted by atomic mass is 9.91. The summed E-state index contributed by atoms with van der Waals surface area (Å²) in [6, 6.07) is 3.55. The van der Waals surface area contributed by atoms with Crippen LogP contribution in [0, 0.1) is 17.6 Å². The van der Waals surface area contributed by atoms with Crippen LogP contribution in [-0.2, 0) is 6.42 Å². The first kappa shape index (κ1) is 11.5. The van der Waals surface area contributed by atoms with Crippen LogP contribution in [0.1, 0.15) is 18.4 Å². The summed E-state index contributed by atoms with van der Waals surface area (Å²) in [6.07, 6.45) is 1.24. The first-order chi connectivity index (χ1) is 7.57. The highest BCUT2D eigenvalue weighted by Gasteiger charge is 2.45. The van der Waals surface area contributed by atoms with Crippen molar-refractivity contribution >= 4 is 0 Å². The highest BCUT2D eigenvalue weighted by atomic mass is 19.1. The first-order valence-electron chi connectivity index (χ1n) is 5.39. The third-order valence-electron chi connectivity index (χ3n) is 3.18. The number of benzene rings is 1. The van der Waals surface area contributed by atoms with Gasteiger partial charge in [0.15, 0.2) is 0 Å². The molecule has 0 saturated heterocycles. The Hall–Kier alpha value is -1.03. The van der Waals surface area contributed by atoms with Gasteiger partial charge in [0.05, 0.1) is 0 Å². The molecular weight excluding hydrogens is 215 g/mol. The standard InChI is InChI=1S/C12H14F3N/c13-10-2-1-3-11(14)9(10)6-12(15,7-16)8-4-5-8/h1-3,8H,4-7,16H2. The van der Waals surface area contributed by atoms with Crippen LogP contribution in [0.4, 0.5) is 13.2 Å². The smallest absolute Gasteiger partial charge is 0.130 e. The van der Waals surface area contributed by atoms with Gasteiger partial charge in [0, 0.05) is 18.5 Å². The monoisotopic (exact) mass is 229 g/mol. The second-order valence-electron chi connectivity index (χ2n) is 4.39. The molecule has 1 aromatic carbocycles. The molecule has 0 aromatic heterocycles. The number of nitrogens with two attached hydrogens (primary N) is 1. The average molecular weight is 229 g/mol. The van der Waals surface area contributed by atoms with Gasteiger partial charge < -0.3 is 5.73 Å². The number of halogens is 3. The molecule has 0 heterocycles. The number of rotatable bonds is 4. The minimum Gasteiger partial charge on any atom is -0.328 e. The highest BCUT2D eigenvalue weighted by molar-refractivity contribution is 5.23. The van der Waals surface area contributed by atoms with E-state index in [1.807, 2.05) is 0 Å². The number of hydrogen-bond acceptors (Lipinski definition) is 1.